The number of Topliss-reactive ketones (excluding diaryl/α,β-unsaturated/α-hetero) is 1. The Morgan fingerprint density at radius 1 is 1.04 bits per heavy atom. The largest absolute Gasteiger partial charge is 0.413 e. The minimum Gasteiger partial charge on any atom is -0.413 e. The molecule has 0 saturated carbocycles. The molecule has 0 amide bonds. The summed E-state index contributed by atoms with van der Waals surface area (Å²) >= 11 is 0. The summed E-state index contributed by atoms with van der Waals surface area (Å²) in [4.78, 5) is 12.2. The molecule has 23 heavy (non-hydrogen) atoms. The van der Waals surface area contributed by atoms with E-state index in [4.69, 9.17) is 4.43 Å². The molecule has 4 heteroatoms. The van der Waals surface area contributed by atoms with Crippen LogP contribution in [0.2, 0.25) is 18.1 Å². The first-order chi connectivity index (χ1) is 10.0. The van der Waals surface area contributed by atoms with Crippen molar-refractivity contribution in [2.75, 3.05) is 0 Å². The maximum absolute atomic E-state index is 12.2. The molecule has 0 aliphatic rings. The number of carbonyl (C=O) groups is 1. The van der Waals surface area contributed by atoms with Gasteiger partial charge < -0.3 is 9.53 Å². The van der Waals surface area contributed by atoms with Gasteiger partial charge in [0, 0.05) is 17.8 Å². The zero-order valence-electron chi connectivity index (χ0n) is 17.3. The Morgan fingerprint density at radius 3 is 1.78 bits per heavy atom. The third-order valence-corrected chi connectivity index (χ3v) is 9.72. The fourth-order valence-electron chi connectivity index (χ4n) is 2.27. The molecule has 0 spiro atoms. The molecule has 3 atom stereocenters. The highest BCUT2D eigenvalue weighted by molar-refractivity contribution is 6.74. The van der Waals surface area contributed by atoms with E-state index < -0.39 is 19.8 Å². The highest BCUT2D eigenvalue weighted by atomic mass is 28.4. The lowest BCUT2D eigenvalue weighted by atomic mass is 9.82. The normalized spacial score (nSPS) is 18.0. The van der Waals surface area contributed by atoms with Crippen molar-refractivity contribution < 1.29 is 14.3 Å². The van der Waals surface area contributed by atoms with Crippen LogP contribution in [0.15, 0.2) is 0 Å². The van der Waals surface area contributed by atoms with Crippen LogP contribution in [0.25, 0.3) is 0 Å². The lowest BCUT2D eigenvalue weighted by molar-refractivity contribution is -0.129. The topological polar surface area (TPSA) is 46.5 Å². The van der Waals surface area contributed by atoms with E-state index in [-0.39, 0.29) is 29.3 Å². The van der Waals surface area contributed by atoms with Gasteiger partial charge in [-0.25, -0.2) is 0 Å². The zero-order valence-corrected chi connectivity index (χ0v) is 18.3. The highest BCUT2D eigenvalue weighted by Crippen LogP contribution is 2.39. The van der Waals surface area contributed by atoms with E-state index in [1.165, 1.54) is 0 Å². The van der Waals surface area contributed by atoms with Crippen molar-refractivity contribution in [3.05, 3.63) is 0 Å². The summed E-state index contributed by atoms with van der Waals surface area (Å²) in [5.74, 6) is 0.348. The summed E-state index contributed by atoms with van der Waals surface area (Å²) in [7, 11) is -1.91. The van der Waals surface area contributed by atoms with Gasteiger partial charge >= 0.3 is 0 Å². The first-order valence-corrected chi connectivity index (χ1v) is 11.8. The molecule has 1 N–H and O–H groups in total. The summed E-state index contributed by atoms with van der Waals surface area (Å²) in [5.41, 5.74) is -0.408. The molecule has 0 aromatic carbocycles. The Morgan fingerprint density at radius 2 is 1.48 bits per heavy atom. The van der Waals surface area contributed by atoms with E-state index in [0.29, 0.717) is 5.92 Å². The number of rotatable bonds is 7. The van der Waals surface area contributed by atoms with Gasteiger partial charge in [0.2, 0.25) is 0 Å². The lowest BCUT2D eigenvalue weighted by Crippen LogP contribution is -2.49. The van der Waals surface area contributed by atoms with Crippen LogP contribution in [-0.4, -0.2) is 31.4 Å². The minimum atomic E-state index is -1.91. The molecular formula is C19H40O3Si. The van der Waals surface area contributed by atoms with Gasteiger partial charge in [0.1, 0.15) is 5.78 Å². The highest BCUT2D eigenvalue weighted by Gasteiger charge is 2.42. The number of ketones is 1. The van der Waals surface area contributed by atoms with Crippen molar-refractivity contribution in [1.29, 1.82) is 0 Å². The van der Waals surface area contributed by atoms with Crippen LogP contribution >= 0.6 is 0 Å². The molecule has 0 bridgehead atoms. The number of hydrogen-bond acceptors (Lipinski definition) is 3. The van der Waals surface area contributed by atoms with Crippen molar-refractivity contribution in [2.24, 2.45) is 17.3 Å². The van der Waals surface area contributed by atoms with E-state index in [2.05, 4.69) is 47.7 Å². The first kappa shape index (κ1) is 22.8. The van der Waals surface area contributed by atoms with Gasteiger partial charge in [-0.15, -0.1) is 0 Å². The van der Waals surface area contributed by atoms with Crippen molar-refractivity contribution >= 4 is 14.1 Å². The smallest absolute Gasteiger partial charge is 0.192 e. The van der Waals surface area contributed by atoms with Gasteiger partial charge in [-0.1, -0.05) is 62.3 Å². The SMILES string of the molecule is CC(C)[C@@H](O[Si](C)(C)C(C)(C)C)[C@@H](C)[C@@H](O)CC(=O)C(C)(C)C. The number of hydrogen-bond donors (Lipinski definition) is 1. The molecule has 0 fully saturated rings. The molecule has 0 saturated heterocycles. The summed E-state index contributed by atoms with van der Waals surface area (Å²) in [6, 6.07) is 0. The molecule has 0 aliphatic heterocycles. The van der Waals surface area contributed by atoms with E-state index in [1.807, 2.05) is 27.7 Å². The summed E-state index contributed by atoms with van der Waals surface area (Å²) in [6.07, 6.45) is -0.480. The second kappa shape index (κ2) is 7.79. The van der Waals surface area contributed by atoms with Crippen molar-refractivity contribution in [3.8, 4) is 0 Å². The van der Waals surface area contributed by atoms with Gasteiger partial charge in [0.05, 0.1) is 12.2 Å². The molecular weight excluding hydrogens is 304 g/mol. The van der Waals surface area contributed by atoms with E-state index >= 15 is 0 Å². The summed E-state index contributed by atoms with van der Waals surface area (Å²) in [6.45, 7) is 23.1. The minimum absolute atomic E-state index is 0.0290. The van der Waals surface area contributed by atoms with Crippen LogP contribution in [0.5, 0.6) is 0 Å². The van der Waals surface area contributed by atoms with Crippen molar-refractivity contribution in [2.45, 2.75) is 99.1 Å². The van der Waals surface area contributed by atoms with Crippen molar-refractivity contribution in [3.63, 3.8) is 0 Å². The Hall–Kier alpha value is -0.193. The van der Waals surface area contributed by atoms with Gasteiger partial charge in [0.15, 0.2) is 8.32 Å². The molecule has 0 aromatic heterocycles. The number of aliphatic hydroxyl groups excluding tert-OH is 1. The van der Waals surface area contributed by atoms with Crippen LogP contribution in [0, 0.1) is 17.3 Å². The molecule has 0 radical (unpaired) electrons. The molecule has 0 aromatic rings. The lowest BCUT2D eigenvalue weighted by Gasteiger charge is -2.43. The Labute approximate surface area is 145 Å². The average molecular weight is 345 g/mol. The Balaban J connectivity index is 5.14. The molecule has 0 aliphatic carbocycles. The number of carbonyl (C=O) groups excluding carboxylic acids is 1. The fraction of sp³-hybridized carbons (Fsp3) is 0.947. The monoisotopic (exact) mass is 344 g/mol. The second-order valence-corrected chi connectivity index (χ2v) is 14.6. The molecule has 138 valence electrons. The predicted octanol–water partition coefficient (Wildman–Crippen LogP) is 5.04. The Bertz CT molecular complexity index is 388. The van der Waals surface area contributed by atoms with E-state index in [1.54, 1.807) is 0 Å². The predicted molar refractivity (Wildman–Crippen MR) is 101 cm³/mol. The van der Waals surface area contributed by atoms with Crippen LogP contribution < -0.4 is 0 Å². The molecule has 3 nitrogen and oxygen atoms in total. The molecule has 0 rings (SSSR count). The van der Waals surface area contributed by atoms with Crippen LogP contribution in [0.4, 0.5) is 0 Å². The number of aliphatic hydroxyl groups is 1. The Kier molecular flexibility index (Phi) is 7.73. The zero-order chi connectivity index (χ0) is 18.8. The molecule has 0 heterocycles. The van der Waals surface area contributed by atoms with E-state index in [9.17, 15) is 9.90 Å². The summed E-state index contributed by atoms with van der Waals surface area (Å²) < 4.78 is 6.58. The standard InChI is InChI=1S/C19H40O3Si/c1-13(2)17(22-23(10,11)19(7,8)9)14(3)15(20)12-16(21)18(4,5)6/h13-15,17,20H,12H2,1-11H3/t14-,15-,17+/m0/s1. The summed E-state index contributed by atoms with van der Waals surface area (Å²) in [5, 5.41) is 10.7. The van der Waals surface area contributed by atoms with Gasteiger partial charge in [-0.2, -0.15) is 0 Å². The maximum Gasteiger partial charge on any atom is 0.192 e. The van der Waals surface area contributed by atoms with Gasteiger partial charge in [0.25, 0.3) is 0 Å². The van der Waals surface area contributed by atoms with Crippen LogP contribution in [-0.2, 0) is 9.22 Å². The molecule has 0 unspecified atom stereocenters. The quantitative estimate of drug-likeness (QED) is 0.658. The maximum atomic E-state index is 12.2. The third kappa shape index (κ3) is 6.67. The van der Waals surface area contributed by atoms with Gasteiger partial charge in [-0.3, -0.25) is 4.79 Å². The fourth-order valence-corrected chi connectivity index (χ4v) is 3.79. The van der Waals surface area contributed by atoms with Crippen LogP contribution in [0.3, 0.4) is 0 Å². The second-order valence-electron chi connectivity index (χ2n) is 9.89. The third-order valence-electron chi connectivity index (χ3n) is 5.25. The van der Waals surface area contributed by atoms with E-state index in [0.717, 1.165) is 0 Å². The van der Waals surface area contributed by atoms with Crippen molar-refractivity contribution in [1.82, 2.24) is 0 Å². The average Bonchev–Trinajstić information content (AvgIpc) is 2.32. The van der Waals surface area contributed by atoms with Gasteiger partial charge in [-0.05, 0) is 24.1 Å². The van der Waals surface area contributed by atoms with Crippen LogP contribution in [0.1, 0.15) is 68.7 Å². The first-order valence-electron chi connectivity index (χ1n) is 8.90.